The highest BCUT2D eigenvalue weighted by Crippen LogP contribution is 2.30. The molecule has 0 bridgehead atoms. The minimum absolute atomic E-state index is 0.0871. The van der Waals surface area contributed by atoms with E-state index in [1.807, 2.05) is 19.1 Å². The van der Waals surface area contributed by atoms with Crippen molar-refractivity contribution >= 4 is 22.8 Å². The van der Waals surface area contributed by atoms with Crippen LogP contribution in [0, 0.1) is 25.6 Å². The second-order valence-corrected chi connectivity index (χ2v) is 6.26. The number of rotatable bonds is 4. The molecule has 0 aromatic heterocycles. The fourth-order valence-electron chi connectivity index (χ4n) is 2.31. The van der Waals surface area contributed by atoms with Gasteiger partial charge in [-0.1, -0.05) is 32.1 Å². The first-order valence-electron chi connectivity index (χ1n) is 7.31. The zero-order valence-electron chi connectivity index (χ0n) is 13.6. The third kappa shape index (κ3) is 4.03. The fourth-order valence-corrected chi connectivity index (χ4v) is 2.31. The van der Waals surface area contributed by atoms with E-state index >= 15 is 0 Å². The van der Waals surface area contributed by atoms with E-state index in [0.717, 1.165) is 17.4 Å². The first-order chi connectivity index (χ1) is 11.2. The summed E-state index contributed by atoms with van der Waals surface area (Å²) in [7, 11) is 0. The van der Waals surface area contributed by atoms with Crippen LogP contribution >= 0.6 is 0 Å². The van der Waals surface area contributed by atoms with Crippen LogP contribution < -0.4 is 5.43 Å². The smallest absolute Gasteiger partial charge is 0.271 e. The lowest BCUT2D eigenvalue weighted by Gasteiger charge is -2.19. The van der Waals surface area contributed by atoms with E-state index in [-0.39, 0.29) is 22.5 Å². The van der Waals surface area contributed by atoms with E-state index in [1.54, 1.807) is 0 Å². The zero-order valence-corrected chi connectivity index (χ0v) is 13.6. The first-order valence-corrected chi connectivity index (χ1v) is 7.31. The predicted molar refractivity (Wildman–Crippen MR) is 92.1 cm³/mol. The van der Waals surface area contributed by atoms with Crippen LogP contribution in [0.5, 0.6) is 0 Å². The number of non-ortho nitro benzene ring substituents is 1. The first kappa shape index (κ1) is 17.3. The quantitative estimate of drug-likeness (QED) is 0.657. The van der Waals surface area contributed by atoms with Gasteiger partial charge in [0.25, 0.3) is 5.69 Å². The van der Waals surface area contributed by atoms with Crippen molar-refractivity contribution in [3.05, 3.63) is 62.2 Å². The van der Waals surface area contributed by atoms with E-state index in [0.29, 0.717) is 6.42 Å². The van der Waals surface area contributed by atoms with E-state index in [1.165, 1.54) is 12.1 Å². The normalized spacial score (nSPS) is 18.0. The van der Waals surface area contributed by atoms with E-state index in [4.69, 9.17) is 0 Å². The number of allylic oxidation sites excluding steroid dienone is 4. The van der Waals surface area contributed by atoms with Crippen LogP contribution in [0.4, 0.5) is 17.1 Å². The minimum Gasteiger partial charge on any atom is -0.271 e. The van der Waals surface area contributed by atoms with Crippen LogP contribution in [0.3, 0.4) is 0 Å². The number of nitro benzene ring substituents is 2. The molecule has 0 saturated carbocycles. The molecule has 0 amide bonds. The molecule has 1 aromatic carbocycles. The van der Waals surface area contributed by atoms with Gasteiger partial charge in [-0.3, -0.25) is 25.7 Å². The molecule has 2 rings (SSSR count). The standard InChI is InChI=1S/C16H18N4O4/c1-11-5-4-8-16(2,3)10-14(11)18-17-13-7-6-12(19(21)22)9-15(13)20(23)24/h4-9,17H,10H2,1-3H3. The number of nitrogens with one attached hydrogen (secondary N) is 1. The van der Waals surface area contributed by atoms with Gasteiger partial charge in [0.1, 0.15) is 5.69 Å². The average molecular weight is 330 g/mol. The summed E-state index contributed by atoms with van der Waals surface area (Å²) in [5.74, 6) is 0. The maximum atomic E-state index is 11.1. The molecule has 24 heavy (non-hydrogen) atoms. The van der Waals surface area contributed by atoms with Gasteiger partial charge in [0, 0.05) is 12.5 Å². The lowest BCUT2D eigenvalue weighted by Crippen LogP contribution is -2.15. The van der Waals surface area contributed by atoms with Crippen molar-refractivity contribution in [1.82, 2.24) is 0 Å². The van der Waals surface area contributed by atoms with Crippen molar-refractivity contribution in [2.45, 2.75) is 27.2 Å². The van der Waals surface area contributed by atoms with Gasteiger partial charge >= 0.3 is 5.69 Å². The van der Waals surface area contributed by atoms with Crippen molar-refractivity contribution in [2.75, 3.05) is 5.43 Å². The summed E-state index contributed by atoms with van der Waals surface area (Å²) in [5, 5.41) is 26.2. The molecule has 0 fully saturated rings. The van der Waals surface area contributed by atoms with Crippen molar-refractivity contribution in [3.8, 4) is 0 Å². The Hall–Kier alpha value is -3.03. The van der Waals surface area contributed by atoms with Gasteiger partial charge in [0.2, 0.25) is 0 Å². The number of hydrazone groups is 1. The Labute approximate surface area is 138 Å². The molecule has 0 aliphatic heterocycles. The highest BCUT2D eigenvalue weighted by atomic mass is 16.6. The molecule has 0 heterocycles. The molecule has 1 aliphatic rings. The highest BCUT2D eigenvalue weighted by Gasteiger charge is 2.22. The molecule has 0 atom stereocenters. The Morgan fingerprint density at radius 3 is 2.54 bits per heavy atom. The molecule has 0 spiro atoms. The molecular weight excluding hydrogens is 312 g/mol. The predicted octanol–water partition coefficient (Wildman–Crippen LogP) is 4.20. The van der Waals surface area contributed by atoms with Gasteiger partial charge in [0.15, 0.2) is 0 Å². The number of nitro groups is 2. The van der Waals surface area contributed by atoms with Crippen LogP contribution in [-0.4, -0.2) is 15.6 Å². The van der Waals surface area contributed by atoms with E-state index in [2.05, 4.69) is 30.5 Å². The topological polar surface area (TPSA) is 111 Å². The zero-order chi connectivity index (χ0) is 17.9. The lowest BCUT2D eigenvalue weighted by atomic mass is 9.87. The second-order valence-electron chi connectivity index (χ2n) is 6.26. The Morgan fingerprint density at radius 2 is 1.92 bits per heavy atom. The molecule has 0 radical (unpaired) electrons. The number of hydrogen-bond acceptors (Lipinski definition) is 6. The molecular formula is C16H18N4O4. The molecule has 1 N–H and O–H groups in total. The number of benzene rings is 1. The lowest BCUT2D eigenvalue weighted by molar-refractivity contribution is -0.393. The number of hydrogen-bond donors (Lipinski definition) is 1. The maximum absolute atomic E-state index is 11.1. The highest BCUT2D eigenvalue weighted by molar-refractivity contribution is 6.01. The maximum Gasteiger partial charge on any atom is 0.301 e. The van der Waals surface area contributed by atoms with Crippen molar-refractivity contribution < 1.29 is 9.85 Å². The van der Waals surface area contributed by atoms with Gasteiger partial charge in [-0.2, -0.15) is 5.10 Å². The van der Waals surface area contributed by atoms with E-state index in [9.17, 15) is 20.2 Å². The number of anilines is 1. The summed E-state index contributed by atoms with van der Waals surface area (Å²) in [6, 6.07) is 3.42. The molecule has 8 nitrogen and oxygen atoms in total. The summed E-state index contributed by atoms with van der Waals surface area (Å²) in [5.41, 5.74) is 3.71. The van der Waals surface area contributed by atoms with Crippen molar-refractivity contribution in [2.24, 2.45) is 10.5 Å². The molecule has 126 valence electrons. The molecule has 1 aromatic rings. The summed E-state index contributed by atoms with van der Waals surface area (Å²) in [6.45, 7) is 6.05. The Kier molecular flexibility index (Phi) is 4.77. The SMILES string of the molecule is CC1=CC=CC(C)(C)CC1=NNc1ccc([N+](=O)[O-])cc1[N+](=O)[O-]. The van der Waals surface area contributed by atoms with Gasteiger partial charge in [-0.25, -0.2) is 0 Å². The van der Waals surface area contributed by atoms with Crippen molar-refractivity contribution in [3.63, 3.8) is 0 Å². The molecule has 1 aliphatic carbocycles. The Balaban J connectivity index is 2.34. The summed E-state index contributed by atoms with van der Waals surface area (Å²) < 4.78 is 0. The van der Waals surface area contributed by atoms with E-state index < -0.39 is 9.85 Å². The third-order valence-corrected chi connectivity index (χ3v) is 3.67. The van der Waals surface area contributed by atoms with Crippen molar-refractivity contribution in [1.29, 1.82) is 0 Å². The number of nitrogens with zero attached hydrogens (tertiary/aromatic N) is 3. The van der Waals surface area contributed by atoms with Gasteiger partial charge in [0.05, 0.1) is 21.6 Å². The minimum atomic E-state index is -0.672. The van der Waals surface area contributed by atoms with Gasteiger partial charge < -0.3 is 0 Å². The molecule has 0 unspecified atom stereocenters. The largest absolute Gasteiger partial charge is 0.301 e. The van der Waals surface area contributed by atoms with Crippen LogP contribution in [-0.2, 0) is 0 Å². The van der Waals surface area contributed by atoms with Gasteiger partial charge in [-0.05, 0) is 24.0 Å². The van der Waals surface area contributed by atoms with Crippen LogP contribution in [0.2, 0.25) is 0 Å². The van der Waals surface area contributed by atoms with Crippen LogP contribution in [0.1, 0.15) is 27.2 Å². The Morgan fingerprint density at radius 1 is 1.21 bits per heavy atom. The average Bonchev–Trinajstić information content (AvgIpc) is 2.62. The van der Waals surface area contributed by atoms with Crippen LogP contribution in [0.25, 0.3) is 0 Å². The Bertz CT molecular complexity index is 778. The molecule has 8 heteroatoms. The summed E-state index contributed by atoms with van der Waals surface area (Å²) in [6.07, 6.45) is 6.64. The molecule has 0 saturated heterocycles. The van der Waals surface area contributed by atoms with Gasteiger partial charge in [-0.15, -0.1) is 0 Å². The fraction of sp³-hybridized carbons (Fsp3) is 0.312. The summed E-state index contributed by atoms with van der Waals surface area (Å²) >= 11 is 0. The second kappa shape index (κ2) is 6.61. The third-order valence-electron chi connectivity index (χ3n) is 3.67. The van der Waals surface area contributed by atoms with Crippen LogP contribution in [0.15, 0.2) is 47.1 Å². The monoisotopic (exact) mass is 330 g/mol. The summed E-state index contributed by atoms with van der Waals surface area (Å²) in [4.78, 5) is 20.6.